The molecule has 5 aromatic carbocycles. The average Bonchev–Trinajstić information content (AvgIpc) is 3.20. The summed E-state index contributed by atoms with van der Waals surface area (Å²) < 4.78 is 0. The molecule has 0 aromatic heterocycles. The summed E-state index contributed by atoms with van der Waals surface area (Å²) >= 11 is 0. The van der Waals surface area contributed by atoms with Crippen molar-refractivity contribution in [2.45, 2.75) is 18.8 Å². The molecule has 0 spiro atoms. The Morgan fingerprint density at radius 3 is 1.79 bits per heavy atom. The lowest BCUT2D eigenvalue weighted by Gasteiger charge is -2.34. The zero-order valence-corrected chi connectivity index (χ0v) is 19.3. The normalized spacial score (nSPS) is 16.1. The number of hydrogen-bond donors (Lipinski definition) is 1. The third kappa shape index (κ3) is 2.87. The maximum Gasteiger partial charge on any atom is 0.0477 e. The van der Waals surface area contributed by atoms with E-state index in [4.69, 9.17) is 5.73 Å². The van der Waals surface area contributed by atoms with Crippen LogP contribution in [0.15, 0.2) is 121 Å². The van der Waals surface area contributed by atoms with E-state index in [0.717, 1.165) is 34.4 Å². The Balaban J connectivity index is 1.80. The minimum Gasteiger partial charge on any atom is -0.398 e. The summed E-state index contributed by atoms with van der Waals surface area (Å²) in [7, 11) is 0. The van der Waals surface area contributed by atoms with Crippen molar-refractivity contribution >= 4 is 5.69 Å². The standard InChI is InChI=1S/C33H27N/c1-2-33(25-18-10-5-11-19-25)29-21-13-12-20-26(29)28-22-27(23-14-6-3-7-15-23)32(34)30(31(28)33)24-16-8-4-9-17-24/h3-22H,2,34H2,1H3. The van der Waals surface area contributed by atoms with Gasteiger partial charge in [0.15, 0.2) is 0 Å². The van der Waals surface area contributed by atoms with Crippen LogP contribution in [0.25, 0.3) is 33.4 Å². The topological polar surface area (TPSA) is 26.0 Å². The fourth-order valence-electron chi connectivity index (χ4n) is 5.93. The maximum atomic E-state index is 7.11. The fourth-order valence-corrected chi connectivity index (χ4v) is 5.93. The Morgan fingerprint density at radius 2 is 1.15 bits per heavy atom. The maximum absolute atomic E-state index is 7.11. The molecule has 1 heteroatoms. The lowest BCUT2D eigenvalue weighted by atomic mass is 9.68. The second-order valence-corrected chi connectivity index (χ2v) is 9.04. The van der Waals surface area contributed by atoms with Gasteiger partial charge in [-0.05, 0) is 51.4 Å². The van der Waals surface area contributed by atoms with Gasteiger partial charge in [0.05, 0.1) is 0 Å². The molecule has 1 atom stereocenters. The molecule has 1 nitrogen and oxygen atoms in total. The van der Waals surface area contributed by atoms with Crippen molar-refractivity contribution in [2.24, 2.45) is 0 Å². The molecule has 6 rings (SSSR count). The Bertz CT molecular complexity index is 1470. The fraction of sp³-hybridized carbons (Fsp3) is 0.0909. The Hall–Kier alpha value is -4.10. The minimum atomic E-state index is -0.262. The summed E-state index contributed by atoms with van der Waals surface area (Å²) in [5.74, 6) is 0. The van der Waals surface area contributed by atoms with E-state index in [1.807, 2.05) is 0 Å². The van der Waals surface area contributed by atoms with Crippen LogP contribution in [-0.2, 0) is 5.41 Å². The van der Waals surface area contributed by atoms with Crippen LogP contribution in [-0.4, -0.2) is 0 Å². The molecule has 5 aromatic rings. The van der Waals surface area contributed by atoms with Crippen LogP contribution in [0.4, 0.5) is 5.69 Å². The molecule has 1 unspecified atom stereocenters. The molecule has 0 saturated carbocycles. The van der Waals surface area contributed by atoms with Crippen LogP contribution in [0, 0.1) is 0 Å². The highest BCUT2D eigenvalue weighted by Gasteiger charge is 2.45. The molecule has 164 valence electrons. The molecule has 0 aliphatic heterocycles. The SMILES string of the molecule is CCC1(c2ccccc2)c2ccccc2-c2cc(-c3ccccc3)c(N)c(-c3ccccc3)c21. The molecule has 0 fully saturated rings. The van der Waals surface area contributed by atoms with E-state index < -0.39 is 0 Å². The number of fused-ring (bicyclic) bond motifs is 3. The van der Waals surface area contributed by atoms with E-state index in [2.05, 4.69) is 128 Å². The van der Waals surface area contributed by atoms with Gasteiger partial charge in [-0.25, -0.2) is 0 Å². The van der Waals surface area contributed by atoms with Crippen LogP contribution in [0.2, 0.25) is 0 Å². The second-order valence-electron chi connectivity index (χ2n) is 9.04. The molecule has 0 heterocycles. The van der Waals surface area contributed by atoms with E-state index in [1.165, 1.54) is 27.8 Å². The minimum absolute atomic E-state index is 0.262. The lowest BCUT2D eigenvalue weighted by molar-refractivity contribution is 0.611. The monoisotopic (exact) mass is 437 g/mol. The molecule has 0 bridgehead atoms. The van der Waals surface area contributed by atoms with Gasteiger partial charge in [0.25, 0.3) is 0 Å². The Kier molecular flexibility index (Phi) is 4.85. The first-order valence-electron chi connectivity index (χ1n) is 12.0. The van der Waals surface area contributed by atoms with Crippen molar-refractivity contribution in [3.63, 3.8) is 0 Å². The quantitative estimate of drug-likeness (QED) is 0.281. The van der Waals surface area contributed by atoms with Gasteiger partial charge in [-0.1, -0.05) is 122 Å². The molecular weight excluding hydrogens is 410 g/mol. The van der Waals surface area contributed by atoms with Crippen molar-refractivity contribution in [3.8, 4) is 33.4 Å². The van der Waals surface area contributed by atoms with Gasteiger partial charge in [-0.2, -0.15) is 0 Å². The first-order chi connectivity index (χ1) is 16.8. The van der Waals surface area contributed by atoms with E-state index in [9.17, 15) is 0 Å². The number of hydrogen-bond acceptors (Lipinski definition) is 1. The van der Waals surface area contributed by atoms with Gasteiger partial charge in [0.1, 0.15) is 0 Å². The highest BCUT2D eigenvalue weighted by Crippen LogP contribution is 2.59. The first kappa shape index (κ1) is 20.5. The zero-order chi connectivity index (χ0) is 23.1. The van der Waals surface area contributed by atoms with Crippen LogP contribution < -0.4 is 5.73 Å². The lowest BCUT2D eigenvalue weighted by Crippen LogP contribution is -2.27. The molecule has 34 heavy (non-hydrogen) atoms. The third-order valence-electron chi connectivity index (χ3n) is 7.42. The van der Waals surface area contributed by atoms with Gasteiger partial charge >= 0.3 is 0 Å². The molecule has 1 aliphatic carbocycles. The second kappa shape index (κ2) is 8.04. The Morgan fingerprint density at radius 1 is 0.588 bits per heavy atom. The average molecular weight is 438 g/mol. The number of nitrogen functional groups attached to an aromatic ring is 1. The van der Waals surface area contributed by atoms with Crippen molar-refractivity contribution in [1.82, 2.24) is 0 Å². The van der Waals surface area contributed by atoms with E-state index in [-0.39, 0.29) is 5.41 Å². The molecule has 0 radical (unpaired) electrons. The largest absolute Gasteiger partial charge is 0.398 e. The molecule has 2 N–H and O–H groups in total. The van der Waals surface area contributed by atoms with Crippen LogP contribution in [0.1, 0.15) is 30.0 Å². The summed E-state index contributed by atoms with van der Waals surface area (Å²) in [6, 6.07) is 43.3. The van der Waals surface area contributed by atoms with E-state index in [0.29, 0.717) is 0 Å². The Labute approximate surface area is 201 Å². The smallest absolute Gasteiger partial charge is 0.0477 e. The third-order valence-corrected chi connectivity index (χ3v) is 7.42. The van der Waals surface area contributed by atoms with Crippen LogP contribution in [0.5, 0.6) is 0 Å². The summed E-state index contributed by atoms with van der Waals surface area (Å²) in [5, 5.41) is 0. The number of nitrogens with two attached hydrogens (primary N) is 1. The highest BCUT2D eigenvalue weighted by atomic mass is 14.6. The van der Waals surface area contributed by atoms with Gasteiger partial charge in [-0.3, -0.25) is 0 Å². The van der Waals surface area contributed by atoms with Crippen molar-refractivity contribution in [1.29, 1.82) is 0 Å². The summed E-state index contributed by atoms with van der Waals surface area (Å²) in [5.41, 5.74) is 18.8. The highest BCUT2D eigenvalue weighted by molar-refractivity contribution is 6.01. The predicted molar refractivity (Wildman–Crippen MR) is 144 cm³/mol. The van der Waals surface area contributed by atoms with Gasteiger partial charge in [0, 0.05) is 22.2 Å². The summed E-state index contributed by atoms with van der Waals surface area (Å²) in [6.45, 7) is 2.30. The number of anilines is 1. The first-order valence-corrected chi connectivity index (χ1v) is 12.0. The van der Waals surface area contributed by atoms with Gasteiger partial charge < -0.3 is 5.73 Å². The van der Waals surface area contributed by atoms with Crippen LogP contribution >= 0.6 is 0 Å². The van der Waals surface area contributed by atoms with E-state index in [1.54, 1.807) is 0 Å². The van der Waals surface area contributed by atoms with Crippen molar-refractivity contribution < 1.29 is 0 Å². The number of rotatable bonds is 4. The van der Waals surface area contributed by atoms with Crippen molar-refractivity contribution in [3.05, 3.63) is 138 Å². The summed E-state index contributed by atoms with van der Waals surface area (Å²) in [4.78, 5) is 0. The predicted octanol–water partition coefficient (Wildman–Crippen LogP) is 8.33. The summed E-state index contributed by atoms with van der Waals surface area (Å²) in [6.07, 6.45) is 0.949. The van der Waals surface area contributed by atoms with E-state index >= 15 is 0 Å². The van der Waals surface area contributed by atoms with Gasteiger partial charge in [0.2, 0.25) is 0 Å². The number of benzene rings is 5. The molecule has 0 saturated heterocycles. The van der Waals surface area contributed by atoms with Crippen molar-refractivity contribution in [2.75, 3.05) is 5.73 Å². The molecule has 1 aliphatic rings. The zero-order valence-electron chi connectivity index (χ0n) is 19.3. The molecular formula is C33H27N. The van der Waals surface area contributed by atoms with Crippen LogP contribution in [0.3, 0.4) is 0 Å². The molecule has 0 amide bonds. The van der Waals surface area contributed by atoms with Gasteiger partial charge in [-0.15, -0.1) is 0 Å².